The number of aromatic nitrogens is 3. The topological polar surface area (TPSA) is 42.7 Å². The van der Waals surface area contributed by atoms with Gasteiger partial charge in [0.1, 0.15) is 5.82 Å². The predicted octanol–water partition coefficient (Wildman–Crippen LogP) is 2.42. The molecule has 18 heavy (non-hydrogen) atoms. The number of nitrogens with zero attached hydrogens (tertiary/aromatic N) is 3. The van der Waals surface area contributed by atoms with Crippen LogP contribution >= 0.6 is 15.9 Å². The molecule has 1 atom stereocenters. The molecule has 1 aromatic carbocycles. The molecule has 4 nitrogen and oxygen atoms in total. The van der Waals surface area contributed by atoms with E-state index in [0.29, 0.717) is 10.2 Å². The van der Waals surface area contributed by atoms with Crippen molar-refractivity contribution >= 4 is 15.9 Å². The van der Waals surface area contributed by atoms with E-state index in [1.54, 1.807) is 23.9 Å². The highest BCUT2D eigenvalue weighted by atomic mass is 79.9. The van der Waals surface area contributed by atoms with Crippen LogP contribution in [0.3, 0.4) is 0 Å². The molecule has 0 fully saturated rings. The van der Waals surface area contributed by atoms with Crippen molar-refractivity contribution < 1.29 is 4.39 Å². The molecule has 0 aliphatic heterocycles. The smallest absolute Gasteiger partial charge is 0.153 e. The van der Waals surface area contributed by atoms with Gasteiger partial charge in [0.25, 0.3) is 0 Å². The van der Waals surface area contributed by atoms with Gasteiger partial charge in [-0.05, 0) is 28.5 Å². The fourth-order valence-corrected chi connectivity index (χ4v) is 2.47. The quantitative estimate of drug-likeness (QED) is 0.943. The minimum absolute atomic E-state index is 0.239. The Labute approximate surface area is 113 Å². The first-order valence-corrected chi connectivity index (χ1v) is 6.47. The number of aryl methyl sites for hydroxylation is 1. The third-order valence-corrected chi connectivity index (χ3v) is 3.29. The number of hydrogen-bond donors (Lipinski definition) is 1. The minimum atomic E-state index is -0.273. The molecule has 0 radical (unpaired) electrons. The average Bonchev–Trinajstić information content (AvgIpc) is 2.68. The summed E-state index contributed by atoms with van der Waals surface area (Å²) in [6.45, 7) is 2.70. The summed E-state index contributed by atoms with van der Waals surface area (Å²) in [6.07, 6.45) is 0. The van der Waals surface area contributed by atoms with Gasteiger partial charge in [-0.2, -0.15) is 0 Å². The highest BCUT2D eigenvalue weighted by Gasteiger charge is 2.23. The molecule has 1 heterocycles. The van der Waals surface area contributed by atoms with Crippen LogP contribution in [-0.2, 0) is 7.05 Å². The normalized spacial score (nSPS) is 12.7. The van der Waals surface area contributed by atoms with Gasteiger partial charge in [-0.1, -0.05) is 30.3 Å². The van der Waals surface area contributed by atoms with Crippen LogP contribution in [0, 0.1) is 5.82 Å². The van der Waals surface area contributed by atoms with Crippen LogP contribution in [0.25, 0.3) is 0 Å². The SMILES string of the molecule is CCNC(c1ccccc1F)c1c(Br)nnn1C. The molecule has 0 amide bonds. The zero-order valence-corrected chi connectivity index (χ0v) is 11.8. The molecular formula is C12H14BrFN4. The summed E-state index contributed by atoms with van der Waals surface area (Å²) in [4.78, 5) is 0. The van der Waals surface area contributed by atoms with Gasteiger partial charge in [0.2, 0.25) is 0 Å². The van der Waals surface area contributed by atoms with Crippen molar-refractivity contribution in [1.29, 1.82) is 0 Å². The van der Waals surface area contributed by atoms with Gasteiger partial charge in [0.15, 0.2) is 4.60 Å². The van der Waals surface area contributed by atoms with E-state index in [9.17, 15) is 4.39 Å². The maximum atomic E-state index is 13.9. The Morgan fingerprint density at radius 2 is 2.17 bits per heavy atom. The van der Waals surface area contributed by atoms with E-state index in [2.05, 4.69) is 31.6 Å². The highest BCUT2D eigenvalue weighted by Crippen LogP contribution is 2.28. The highest BCUT2D eigenvalue weighted by molar-refractivity contribution is 9.10. The zero-order valence-electron chi connectivity index (χ0n) is 10.2. The maximum absolute atomic E-state index is 13.9. The molecule has 0 saturated heterocycles. The largest absolute Gasteiger partial charge is 0.305 e. The molecule has 6 heteroatoms. The van der Waals surface area contributed by atoms with Crippen molar-refractivity contribution in [3.05, 3.63) is 45.9 Å². The van der Waals surface area contributed by atoms with E-state index in [-0.39, 0.29) is 11.9 Å². The minimum Gasteiger partial charge on any atom is -0.305 e. The number of nitrogens with one attached hydrogen (secondary N) is 1. The standard InChI is InChI=1S/C12H14BrFN4/c1-3-15-10(8-6-4-5-7-9(8)14)11-12(13)16-17-18(11)2/h4-7,10,15H,3H2,1-2H3. The molecule has 0 saturated carbocycles. The van der Waals surface area contributed by atoms with Gasteiger partial charge >= 0.3 is 0 Å². The summed E-state index contributed by atoms with van der Waals surface area (Å²) < 4.78 is 16.2. The van der Waals surface area contributed by atoms with Crippen LogP contribution in [0.1, 0.15) is 24.2 Å². The lowest BCUT2D eigenvalue weighted by molar-refractivity contribution is 0.529. The second-order valence-corrected chi connectivity index (χ2v) is 4.65. The number of rotatable bonds is 4. The van der Waals surface area contributed by atoms with E-state index >= 15 is 0 Å². The molecule has 0 aliphatic carbocycles. The van der Waals surface area contributed by atoms with Crippen LogP contribution in [-0.4, -0.2) is 21.5 Å². The van der Waals surface area contributed by atoms with E-state index in [4.69, 9.17) is 0 Å². The molecule has 0 bridgehead atoms. The first kappa shape index (κ1) is 13.2. The molecule has 0 spiro atoms. The van der Waals surface area contributed by atoms with Gasteiger partial charge in [-0.3, -0.25) is 0 Å². The van der Waals surface area contributed by atoms with Gasteiger partial charge in [-0.15, -0.1) is 5.10 Å². The first-order valence-electron chi connectivity index (χ1n) is 5.68. The fourth-order valence-electron chi connectivity index (χ4n) is 1.91. The van der Waals surface area contributed by atoms with Crippen LogP contribution in [0.15, 0.2) is 28.9 Å². The second-order valence-electron chi connectivity index (χ2n) is 3.90. The summed E-state index contributed by atoms with van der Waals surface area (Å²) in [5, 5.41) is 11.1. The Balaban J connectivity index is 2.50. The summed E-state index contributed by atoms with van der Waals surface area (Å²) in [5.74, 6) is -0.239. The van der Waals surface area contributed by atoms with Crippen LogP contribution in [0.5, 0.6) is 0 Å². The van der Waals surface area contributed by atoms with E-state index in [0.717, 1.165) is 12.2 Å². The summed E-state index contributed by atoms with van der Waals surface area (Å²) in [5.41, 5.74) is 1.40. The molecule has 0 aliphatic rings. The summed E-state index contributed by atoms with van der Waals surface area (Å²) in [7, 11) is 1.79. The zero-order chi connectivity index (χ0) is 13.1. The van der Waals surface area contributed by atoms with Crippen LogP contribution in [0.4, 0.5) is 4.39 Å². The Morgan fingerprint density at radius 3 is 2.72 bits per heavy atom. The molecule has 2 aromatic rings. The number of halogens is 2. The summed E-state index contributed by atoms with van der Waals surface area (Å²) >= 11 is 3.35. The average molecular weight is 313 g/mol. The van der Waals surface area contributed by atoms with E-state index in [1.165, 1.54) is 6.07 Å². The van der Waals surface area contributed by atoms with Crippen molar-refractivity contribution in [2.45, 2.75) is 13.0 Å². The van der Waals surface area contributed by atoms with Gasteiger partial charge < -0.3 is 5.32 Å². The third kappa shape index (κ3) is 2.44. The van der Waals surface area contributed by atoms with E-state index < -0.39 is 0 Å². The number of benzene rings is 1. The molecule has 1 N–H and O–H groups in total. The van der Waals surface area contributed by atoms with Gasteiger partial charge in [0, 0.05) is 12.6 Å². The summed E-state index contributed by atoms with van der Waals surface area (Å²) in [6, 6.07) is 6.45. The molecule has 96 valence electrons. The number of hydrogen-bond acceptors (Lipinski definition) is 3. The second kappa shape index (κ2) is 5.58. The lowest BCUT2D eigenvalue weighted by Gasteiger charge is -2.19. The monoisotopic (exact) mass is 312 g/mol. The van der Waals surface area contributed by atoms with Gasteiger partial charge in [-0.25, -0.2) is 9.07 Å². The Bertz CT molecular complexity index is 521. The Hall–Kier alpha value is -1.27. The van der Waals surface area contributed by atoms with Crippen molar-refractivity contribution in [1.82, 2.24) is 20.3 Å². The Morgan fingerprint density at radius 1 is 1.44 bits per heavy atom. The predicted molar refractivity (Wildman–Crippen MR) is 70.6 cm³/mol. The first-order chi connectivity index (χ1) is 8.65. The lowest BCUT2D eigenvalue weighted by Crippen LogP contribution is -2.25. The van der Waals surface area contributed by atoms with Gasteiger partial charge in [0.05, 0.1) is 11.7 Å². The van der Waals surface area contributed by atoms with Crippen LogP contribution in [0.2, 0.25) is 0 Å². The van der Waals surface area contributed by atoms with Crippen molar-refractivity contribution in [3.8, 4) is 0 Å². The lowest BCUT2D eigenvalue weighted by atomic mass is 10.0. The van der Waals surface area contributed by atoms with Crippen molar-refractivity contribution in [2.75, 3.05) is 6.54 Å². The fraction of sp³-hybridized carbons (Fsp3) is 0.333. The molecule has 1 unspecified atom stereocenters. The van der Waals surface area contributed by atoms with Crippen LogP contribution < -0.4 is 5.32 Å². The third-order valence-electron chi connectivity index (χ3n) is 2.72. The Kier molecular flexibility index (Phi) is 4.08. The molecular weight excluding hydrogens is 299 g/mol. The molecule has 1 aromatic heterocycles. The maximum Gasteiger partial charge on any atom is 0.153 e. The van der Waals surface area contributed by atoms with Crippen molar-refractivity contribution in [2.24, 2.45) is 7.05 Å². The molecule has 2 rings (SSSR count). The van der Waals surface area contributed by atoms with Crippen molar-refractivity contribution in [3.63, 3.8) is 0 Å². The van der Waals surface area contributed by atoms with E-state index in [1.807, 2.05) is 13.0 Å².